The van der Waals surface area contributed by atoms with Gasteiger partial charge in [0.1, 0.15) is 0 Å². The van der Waals surface area contributed by atoms with Crippen LogP contribution in [0.15, 0.2) is 18.2 Å². The average Bonchev–Trinajstić information content (AvgIpc) is 2.86. The number of carbonyl (C=O) groups excluding carboxylic acids is 1. The van der Waals surface area contributed by atoms with Gasteiger partial charge in [0.15, 0.2) is 0 Å². The average molecular weight is 330 g/mol. The van der Waals surface area contributed by atoms with Crippen molar-refractivity contribution < 1.29 is 14.7 Å². The molecule has 0 heterocycles. The molecule has 6 heteroatoms. The van der Waals surface area contributed by atoms with Gasteiger partial charge >= 0.3 is 5.97 Å². The van der Waals surface area contributed by atoms with E-state index in [1.54, 1.807) is 12.1 Å². The number of halogens is 2. The summed E-state index contributed by atoms with van der Waals surface area (Å²) in [7, 11) is 0. The zero-order valence-electron chi connectivity index (χ0n) is 11.4. The molecule has 1 aliphatic rings. The maximum absolute atomic E-state index is 11.9. The first-order chi connectivity index (χ1) is 9.95. The third-order valence-corrected chi connectivity index (χ3v) is 4.37. The summed E-state index contributed by atoms with van der Waals surface area (Å²) < 4.78 is 0. The van der Waals surface area contributed by atoms with Crippen LogP contribution in [0.4, 0.5) is 0 Å². The highest BCUT2D eigenvalue weighted by molar-refractivity contribution is 6.35. The Hall–Kier alpha value is -1.26. The Balaban J connectivity index is 1.79. The van der Waals surface area contributed by atoms with E-state index in [9.17, 15) is 9.59 Å². The van der Waals surface area contributed by atoms with Crippen LogP contribution in [0.2, 0.25) is 10.0 Å². The van der Waals surface area contributed by atoms with E-state index in [0.29, 0.717) is 35.7 Å². The van der Waals surface area contributed by atoms with Crippen molar-refractivity contribution in [2.75, 3.05) is 0 Å². The van der Waals surface area contributed by atoms with E-state index in [0.717, 1.165) is 12.0 Å². The van der Waals surface area contributed by atoms with Crippen molar-refractivity contribution in [3.05, 3.63) is 33.8 Å². The van der Waals surface area contributed by atoms with Gasteiger partial charge in [-0.1, -0.05) is 29.3 Å². The van der Waals surface area contributed by atoms with Crippen LogP contribution >= 0.6 is 23.2 Å². The van der Waals surface area contributed by atoms with E-state index >= 15 is 0 Å². The molecule has 1 saturated carbocycles. The summed E-state index contributed by atoms with van der Waals surface area (Å²) in [5.74, 6) is -1.18. The fraction of sp³-hybridized carbons (Fsp3) is 0.467. The predicted octanol–water partition coefficient (Wildman–Crippen LogP) is 3.30. The van der Waals surface area contributed by atoms with Crippen LogP contribution in [-0.4, -0.2) is 23.0 Å². The first-order valence-corrected chi connectivity index (χ1v) is 7.67. The molecule has 114 valence electrons. The highest BCUT2D eigenvalue weighted by Gasteiger charge is 2.30. The van der Waals surface area contributed by atoms with Gasteiger partial charge in [-0.3, -0.25) is 9.59 Å². The maximum Gasteiger partial charge on any atom is 0.306 e. The van der Waals surface area contributed by atoms with E-state index < -0.39 is 5.97 Å². The van der Waals surface area contributed by atoms with E-state index in [1.807, 2.05) is 6.07 Å². The number of rotatable bonds is 5. The zero-order chi connectivity index (χ0) is 15.4. The number of hydrogen-bond donors (Lipinski definition) is 2. The summed E-state index contributed by atoms with van der Waals surface area (Å²) in [6, 6.07) is 5.19. The molecule has 1 fully saturated rings. The Morgan fingerprint density at radius 2 is 2.05 bits per heavy atom. The van der Waals surface area contributed by atoms with Crippen molar-refractivity contribution in [3.63, 3.8) is 0 Å². The number of nitrogens with one attached hydrogen (secondary N) is 1. The molecule has 2 N–H and O–H groups in total. The molecule has 1 aliphatic carbocycles. The van der Waals surface area contributed by atoms with Gasteiger partial charge in [0, 0.05) is 22.5 Å². The molecule has 0 aromatic heterocycles. The summed E-state index contributed by atoms with van der Waals surface area (Å²) in [6.07, 6.45) is 2.74. The van der Waals surface area contributed by atoms with Gasteiger partial charge in [0.25, 0.3) is 0 Å². The van der Waals surface area contributed by atoms with Crippen molar-refractivity contribution >= 4 is 35.1 Å². The Kier molecular flexibility index (Phi) is 5.48. The highest BCUT2D eigenvalue weighted by atomic mass is 35.5. The monoisotopic (exact) mass is 329 g/mol. The van der Waals surface area contributed by atoms with Crippen molar-refractivity contribution in [1.29, 1.82) is 0 Å². The molecule has 0 spiro atoms. The molecule has 2 rings (SSSR count). The van der Waals surface area contributed by atoms with Crippen molar-refractivity contribution in [2.45, 2.75) is 38.1 Å². The van der Waals surface area contributed by atoms with Crippen LogP contribution in [0.5, 0.6) is 0 Å². The minimum atomic E-state index is -0.778. The Labute approximate surface area is 133 Å². The molecule has 0 unspecified atom stereocenters. The molecule has 0 radical (unpaired) electrons. The van der Waals surface area contributed by atoms with Gasteiger partial charge in [0.2, 0.25) is 5.91 Å². The summed E-state index contributed by atoms with van der Waals surface area (Å²) in [5.41, 5.74) is 0.881. The summed E-state index contributed by atoms with van der Waals surface area (Å²) >= 11 is 11.9. The zero-order valence-corrected chi connectivity index (χ0v) is 13.0. The Bertz CT molecular complexity index is 548. The van der Waals surface area contributed by atoms with Crippen LogP contribution in [0.3, 0.4) is 0 Å². The molecular formula is C15H17Cl2NO3. The maximum atomic E-state index is 11.9. The second kappa shape index (κ2) is 7.14. The summed E-state index contributed by atoms with van der Waals surface area (Å²) in [6.45, 7) is 0. The van der Waals surface area contributed by atoms with E-state index in [4.69, 9.17) is 28.3 Å². The topological polar surface area (TPSA) is 66.4 Å². The number of carboxylic acid groups (broad SMARTS) is 1. The lowest BCUT2D eigenvalue weighted by molar-refractivity contribution is -0.141. The minimum Gasteiger partial charge on any atom is -0.481 e. The van der Waals surface area contributed by atoms with Gasteiger partial charge < -0.3 is 10.4 Å². The lowest BCUT2D eigenvalue weighted by atomic mass is 10.1. The van der Waals surface area contributed by atoms with Gasteiger partial charge in [-0.05, 0) is 43.4 Å². The molecule has 2 atom stereocenters. The molecule has 1 aromatic carbocycles. The van der Waals surface area contributed by atoms with Gasteiger partial charge in [0.05, 0.1) is 5.92 Å². The van der Waals surface area contributed by atoms with Crippen LogP contribution < -0.4 is 5.32 Å². The summed E-state index contributed by atoms with van der Waals surface area (Å²) in [5, 5.41) is 13.0. The molecule has 21 heavy (non-hydrogen) atoms. The summed E-state index contributed by atoms with van der Waals surface area (Å²) in [4.78, 5) is 22.8. The normalized spacial score (nSPS) is 21.2. The smallest absolute Gasteiger partial charge is 0.306 e. The molecule has 1 aromatic rings. The quantitative estimate of drug-likeness (QED) is 0.870. The number of benzene rings is 1. The predicted molar refractivity (Wildman–Crippen MR) is 81.7 cm³/mol. The van der Waals surface area contributed by atoms with E-state index in [-0.39, 0.29) is 17.9 Å². The Morgan fingerprint density at radius 3 is 2.67 bits per heavy atom. The lowest BCUT2D eigenvalue weighted by Gasteiger charge is -2.12. The molecule has 1 amide bonds. The molecule has 0 bridgehead atoms. The molecule has 0 saturated heterocycles. The van der Waals surface area contributed by atoms with Crippen LogP contribution in [0.1, 0.15) is 31.2 Å². The number of hydrogen-bond acceptors (Lipinski definition) is 2. The Morgan fingerprint density at radius 1 is 1.29 bits per heavy atom. The first-order valence-electron chi connectivity index (χ1n) is 6.92. The molecule has 0 aliphatic heterocycles. The minimum absolute atomic E-state index is 0.0284. The first kappa shape index (κ1) is 16.1. The molecular weight excluding hydrogens is 313 g/mol. The highest BCUT2D eigenvalue weighted by Crippen LogP contribution is 2.26. The van der Waals surface area contributed by atoms with Gasteiger partial charge in [-0.2, -0.15) is 0 Å². The number of carboxylic acids is 1. The number of aliphatic carboxylic acids is 1. The SMILES string of the molecule is O=C(CCc1ccc(Cl)cc1Cl)N[C@H]1CC[C@@H](C(=O)O)C1. The van der Waals surface area contributed by atoms with Crippen LogP contribution in [0.25, 0.3) is 0 Å². The second-order valence-electron chi connectivity index (χ2n) is 5.35. The third kappa shape index (κ3) is 4.61. The largest absolute Gasteiger partial charge is 0.481 e. The van der Waals surface area contributed by atoms with E-state index in [1.165, 1.54) is 0 Å². The van der Waals surface area contributed by atoms with E-state index in [2.05, 4.69) is 5.32 Å². The van der Waals surface area contributed by atoms with Gasteiger partial charge in [-0.15, -0.1) is 0 Å². The number of carbonyl (C=O) groups is 2. The van der Waals surface area contributed by atoms with Crippen LogP contribution in [-0.2, 0) is 16.0 Å². The van der Waals surface area contributed by atoms with Gasteiger partial charge in [-0.25, -0.2) is 0 Å². The molecule has 4 nitrogen and oxygen atoms in total. The fourth-order valence-electron chi connectivity index (χ4n) is 2.61. The number of amides is 1. The van der Waals surface area contributed by atoms with Crippen molar-refractivity contribution in [2.24, 2.45) is 5.92 Å². The third-order valence-electron chi connectivity index (χ3n) is 3.78. The van der Waals surface area contributed by atoms with Crippen LogP contribution in [0, 0.1) is 5.92 Å². The van der Waals surface area contributed by atoms with Crippen molar-refractivity contribution in [1.82, 2.24) is 5.32 Å². The number of aryl methyl sites for hydroxylation is 1. The standard InChI is InChI=1S/C15H17Cl2NO3/c16-11-4-1-9(13(17)8-11)3-6-14(19)18-12-5-2-10(7-12)15(20)21/h1,4,8,10,12H,2-3,5-7H2,(H,18,19)(H,20,21)/t10-,12+/m1/s1. The fourth-order valence-corrected chi connectivity index (χ4v) is 3.11. The lowest BCUT2D eigenvalue weighted by Crippen LogP contribution is -2.33. The van der Waals surface area contributed by atoms with Crippen molar-refractivity contribution in [3.8, 4) is 0 Å². The second-order valence-corrected chi connectivity index (χ2v) is 6.19.